The maximum Gasteiger partial charge on any atom is 0.126 e. The molecule has 104 valence electrons. The molecule has 1 aliphatic rings. The minimum atomic E-state index is -0.319. The van der Waals surface area contributed by atoms with Crippen LogP contribution in [0, 0.1) is 10.8 Å². The number of nitrogens with zero attached hydrogens (tertiary/aromatic N) is 1. The van der Waals surface area contributed by atoms with Gasteiger partial charge in [0.15, 0.2) is 0 Å². The Balaban J connectivity index is 2.68. The van der Waals surface area contributed by atoms with Crippen molar-refractivity contribution >= 4 is 12.6 Å². The standard InChI is InChI=1S/C14H26N2O2/c1-13(2,10-17)7-12-8-15-5-6-16(12)9-14(3,4)11-18/h10-12,15H,5-9H2,1-4H3. The highest BCUT2D eigenvalue weighted by Gasteiger charge is 2.32. The number of carbonyl (C=O) groups is 2. The molecule has 0 aliphatic carbocycles. The van der Waals surface area contributed by atoms with E-state index in [2.05, 4.69) is 10.2 Å². The molecule has 0 aromatic rings. The fourth-order valence-corrected chi connectivity index (χ4v) is 2.43. The van der Waals surface area contributed by atoms with Crippen molar-refractivity contribution in [3.05, 3.63) is 0 Å². The van der Waals surface area contributed by atoms with E-state index >= 15 is 0 Å². The Morgan fingerprint density at radius 3 is 2.33 bits per heavy atom. The van der Waals surface area contributed by atoms with Gasteiger partial charge in [-0.3, -0.25) is 4.90 Å². The normalized spacial score (nSPS) is 22.8. The van der Waals surface area contributed by atoms with Crippen LogP contribution in [0.1, 0.15) is 34.1 Å². The van der Waals surface area contributed by atoms with Gasteiger partial charge in [-0.1, -0.05) is 27.7 Å². The van der Waals surface area contributed by atoms with E-state index in [1.54, 1.807) is 0 Å². The fourth-order valence-electron chi connectivity index (χ4n) is 2.43. The topological polar surface area (TPSA) is 49.4 Å². The van der Waals surface area contributed by atoms with Crippen LogP contribution in [0.15, 0.2) is 0 Å². The van der Waals surface area contributed by atoms with Gasteiger partial charge in [-0.25, -0.2) is 0 Å². The van der Waals surface area contributed by atoms with Crippen molar-refractivity contribution in [3.8, 4) is 0 Å². The number of nitrogens with one attached hydrogen (secondary N) is 1. The van der Waals surface area contributed by atoms with Crippen molar-refractivity contribution in [1.29, 1.82) is 0 Å². The molecule has 18 heavy (non-hydrogen) atoms. The monoisotopic (exact) mass is 254 g/mol. The Morgan fingerprint density at radius 1 is 1.17 bits per heavy atom. The van der Waals surface area contributed by atoms with Crippen molar-refractivity contribution < 1.29 is 9.59 Å². The zero-order valence-electron chi connectivity index (χ0n) is 12.0. The first kappa shape index (κ1) is 15.3. The van der Waals surface area contributed by atoms with Gasteiger partial charge in [0.2, 0.25) is 0 Å². The zero-order valence-corrected chi connectivity index (χ0v) is 12.0. The molecule has 1 fully saturated rings. The Hall–Kier alpha value is -0.740. The first-order valence-electron chi connectivity index (χ1n) is 6.67. The summed E-state index contributed by atoms with van der Waals surface area (Å²) in [6, 6.07) is 0.332. The predicted molar refractivity (Wildman–Crippen MR) is 72.5 cm³/mol. The first-order chi connectivity index (χ1) is 8.29. The third-order valence-electron chi connectivity index (χ3n) is 3.48. The summed E-state index contributed by atoms with van der Waals surface area (Å²) in [6.45, 7) is 11.4. The van der Waals surface area contributed by atoms with Crippen LogP contribution in [0.5, 0.6) is 0 Å². The molecule has 0 amide bonds. The van der Waals surface area contributed by atoms with Crippen LogP contribution in [0.4, 0.5) is 0 Å². The molecular weight excluding hydrogens is 228 g/mol. The van der Waals surface area contributed by atoms with Crippen molar-refractivity contribution in [1.82, 2.24) is 10.2 Å². The number of rotatable bonds is 6. The summed E-state index contributed by atoms with van der Waals surface area (Å²) in [5.41, 5.74) is -0.617. The largest absolute Gasteiger partial charge is 0.314 e. The van der Waals surface area contributed by atoms with Crippen LogP contribution in [-0.4, -0.2) is 49.7 Å². The van der Waals surface area contributed by atoms with E-state index in [1.165, 1.54) is 0 Å². The van der Waals surface area contributed by atoms with Crippen LogP contribution in [-0.2, 0) is 9.59 Å². The van der Waals surface area contributed by atoms with E-state index in [-0.39, 0.29) is 10.8 Å². The van der Waals surface area contributed by atoms with E-state index < -0.39 is 0 Å². The lowest BCUT2D eigenvalue weighted by Gasteiger charge is -2.41. The Kier molecular flexibility index (Phi) is 5.05. The van der Waals surface area contributed by atoms with E-state index in [0.29, 0.717) is 6.04 Å². The average Bonchev–Trinajstić information content (AvgIpc) is 2.31. The molecule has 0 aromatic heterocycles. The maximum absolute atomic E-state index is 11.1. The summed E-state index contributed by atoms with van der Waals surface area (Å²) in [5.74, 6) is 0. The first-order valence-corrected chi connectivity index (χ1v) is 6.67. The van der Waals surface area contributed by atoms with E-state index in [9.17, 15) is 9.59 Å². The third-order valence-corrected chi connectivity index (χ3v) is 3.48. The van der Waals surface area contributed by atoms with E-state index in [0.717, 1.165) is 45.2 Å². The predicted octanol–water partition coefficient (Wildman–Crippen LogP) is 1.10. The van der Waals surface area contributed by atoms with Crippen LogP contribution >= 0.6 is 0 Å². The number of carbonyl (C=O) groups excluding carboxylic acids is 2. The number of hydrogen-bond acceptors (Lipinski definition) is 4. The van der Waals surface area contributed by atoms with Gasteiger partial charge in [-0.2, -0.15) is 0 Å². The van der Waals surface area contributed by atoms with Gasteiger partial charge in [0.1, 0.15) is 12.6 Å². The SMILES string of the molecule is CC(C)(C=O)CC1CNCCN1CC(C)(C)C=O. The van der Waals surface area contributed by atoms with E-state index in [4.69, 9.17) is 0 Å². The summed E-state index contributed by atoms with van der Waals surface area (Å²) in [4.78, 5) is 24.4. The minimum Gasteiger partial charge on any atom is -0.314 e. The Bertz CT molecular complexity index is 270. The lowest BCUT2D eigenvalue weighted by Crippen LogP contribution is -2.55. The molecular formula is C14H26N2O2. The van der Waals surface area contributed by atoms with Gasteiger partial charge < -0.3 is 14.9 Å². The number of hydrogen-bond donors (Lipinski definition) is 1. The number of aldehydes is 2. The lowest BCUT2D eigenvalue weighted by atomic mass is 9.85. The molecule has 0 radical (unpaired) electrons. The quantitative estimate of drug-likeness (QED) is 0.721. The second kappa shape index (κ2) is 5.93. The fraction of sp³-hybridized carbons (Fsp3) is 0.857. The summed E-state index contributed by atoms with van der Waals surface area (Å²) in [7, 11) is 0. The van der Waals surface area contributed by atoms with Gasteiger partial charge in [-0.15, -0.1) is 0 Å². The smallest absolute Gasteiger partial charge is 0.126 e. The molecule has 4 nitrogen and oxygen atoms in total. The van der Waals surface area contributed by atoms with Gasteiger partial charge in [0.05, 0.1) is 0 Å². The molecule has 1 unspecified atom stereocenters. The molecule has 1 atom stereocenters. The van der Waals surface area contributed by atoms with Gasteiger partial charge in [-0.05, 0) is 6.42 Å². The molecule has 0 bridgehead atoms. The second-order valence-electron chi connectivity index (χ2n) is 6.75. The van der Waals surface area contributed by atoms with Crippen molar-refractivity contribution in [2.45, 2.75) is 40.2 Å². The maximum atomic E-state index is 11.1. The highest BCUT2D eigenvalue weighted by molar-refractivity contribution is 5.58. The van der Waals surface area contributed by atoms with Crippen LogP contribution in [0.25, 0.3) is 0 Å². The van der Waals surface area contributed by atoms with Crippen molar-refractivity contribution in [2.75, 3.05) is 26.2 Å². The van der Waals surface area contributed by atoms with Crippen LogP contribution in [0.2, 0.25) is 0 Å². The molecule has 1 N–H and O–H groups in total. The molecule has 0 spiro atoms. The van der Waals surface area contributed by atoms with Crippen molar-refractivity contribution in [3.63, 3.8) is 0 Å². The highest BCUT2D eigenvalue weighted by atomic mass is 16.1. The molecule has 1 rings (SSSR count). The van der Waals surface area contributed by atoms with Gasteiger partial charge in [0.25, 0.3) is 0 Å². The van der Waals surface area contributed by atoms with Gasteiger partial charge in [0, 0.05) is 43.1 Å². The third kappa shape index (κ3) is 4.50. The summed E-state index contributed by atoms with van der Waals surface area (Å²) in [6.07, 6.45) is 2.89. The molecule has 0 aromatic carbocycles. The lowest BCUT2D eigenvalue weighted by molar-refractivity contribution is -0.118. The molecule has 1 aliphatic heterocycles. The Labute approximate surface area is 110 Å². The molecule has 1 saturated heterocycles. The highest BCUT2D eigenvalue weighted by Crippen LogP contribution is 2.25. The summed E-state index contributed by atoms with van der Waals surface area (Å²) in [5, 5.41) is 3.37. The minimum absolute atomic E-state index is 0.298. The molecule has 1 heterocycles. The second-order valence-corrected chi connectivity index (χ2v) is 6.75. The van der Waals surface area contributed by atoms with E-state index in [1.807, 2.05) is 27.7 Å². The average molecular weight is 254 g/mol. The summed E-state index contributed by atoms with van der Waals surface area (Å²) < 4.78 is 0. The molecule has 0 saturated carbocycles. The number of piperazine rings is 1. The summed E-state index contributed by atoms with van der Waals surface area (Å²) >= 11 is 0. The zero-order chi connectivity index (χ0) is 13.8. The van der Waals surface area contributed by atoms with Gasteiger partial charge >= 0.3 is 0 Å². The molecule has 4 heteroatoms. The van der Waals surface area contributed by atoms with Crippen molar-refractivity contribution in [2.24, 2.45) is 10.8 Å². The van der Waals surface area contributed by atoms with Crippen LogP contribution in [0.3, 0.4) is 0 Å². The van der Waals surface area contributed by atoms with Crippen LogP contribution < -0.4 is 5.32 Å². The Morgan fingerprint density at radius 2 is 1.78 bits per heavy atom.